The summed E-state index contributed by atoms with van der Waals surface area (Å²) in [4.78, 5) is 11.0. The van der Waals surface area contributed by atoms with Crippen molar-refractivity contribution in [3.8, 4) is 0 Å². The number of carbonyl (C=O) groups excluding carboxylic acids is 1. The molecule has 3 atom stereocenters. The maximum absolute atomic E-state index is 11.0. The second-order valence-electron chi connectivity index (χ2n) is 3.49. The van der Waals surface area contributed by atoms with Crippen molar-refractivity contribution in [2.75, 3.05) is 12.4 Å². The number of carbonyl (C=O) groups is 1. The lowest BCUT2D eigenvalue weighted by Gasteiger charge is -2.15. The maximum atomic E-state index is 11.0. The van der Waals surface area contributed by atoms with Crippen molar-refractivity contribution < 1.29 is 9.90 Å². The number of fused-ring (bicyclic) bond motifs is 1. The van der Waals surface area contributed by atoms with Gasteiger partial charge in [0.1, 0.15) is 0 Å². The molecule has 2 fully saturated rings. The van der Waals surface area contributed by atoms with Crippen LogP contribution in [0, 0.1) is 0 Å². The van der Waals surface area contributed by atoms with E-state index in [9.17, 15) is 4.79 Å². The van der Waals surface area contributed by atoms with Crippen molar-refractivity contribution in [1.29, 1.82) is 0 Å². The Balaban J connectivity index is 1.89. The number of aliphatic hydroxyl groups excluding tert-OH is 1. The molecule has 0 spiro atoms. The van der Waals surface area contributed by atoms with Gasteiger partial charge in [0.2, 0.25) is 0 Å². The molecule has 2 aliphatic heterocycles. The Morgan fingerprint density at radius 3 is 3.15 bits per heavy atom. The average molecular weight is 202 g/mol. The summed E-state index contributed by atoms with van der Waals surface area (Å²) in [6.07, 6.45) is 1.82. The molecule has 13 heavy (non-hydrogen) atoms. The van der Waals surface area contributed by atoms with Gasteiger partial charge in [-0.1, -0.05) is 0 Å². The molecule has 4 nitrogen and oxygen atoms in total. The number of nitrogens with one attached hydrogen (secondary N) is 2. The molecule has 2 aliphatic rings. The van der Waals surface area contributed by atoms with E-state index < -0.39 is 0 Å². The SMILES string of the molecule is O=C1NC2CSC(CCCO)C2N1. The summed E-state index contributed by atoms with van der Waals surface area (Å²) in [5.41, 5.74) is 0. The molecular formula is C8H14N2O2S. The number of urea groups is 1. The third-order valence-electron chi connectivity index (χ3n) is 2.58. The first-order valence-electron chi connectivity index (χ1n) is 4.61. The van der Waals surface area contributed by atoms with Gasteiger partial charge in [0.15, 0.2) is 0 Å². The molecule has 0 aliphatic carbocycles. The standard InChI is InChI=1S/C8H14N2O2S/c11-3-1-2-6-7-5(4-13-6)9-8(12)10-7/h5-7,11H,1-4H2,(H2,9,10,12). The summed E-state index contributed by atoms with van der Waals surface area (Å²) in [7, 11) is 0. The van der Waals surface area contributed by atoms with E-state index in [1.54, 1.807) is 0 Å². The number of aliphatic hydroxyl groups is 1. The Kier molecular flexibility index (Phi) is 2.64. The van der Waals surface area contributed by atoms with E-state index in [1.807, 2.05) is 11.8 Å². The molecule has 74 valence electrons. The fraction of sp³-hybridized carbons (Fsp3) is 0.875. The van der Waals surface area contributed by atoms with E-state index in [4.69, 9.17) is 5.11 Å². The zero-order valence-corrected chi connectivity index (χ0v) is 8.14. The van der Waals surface area contributed by atoms with Crippen LogP contribution in [-0.4, -0.2) is 40.8 Å². The minimum absolute atomic E-state index is 0.0377. The van der Waals surface area contributed by atoms with Gasteiger partial charge in [0.05, 0.1) is 12.1 Å². The van der Waals surface area contributed by atoms with Crippen LogP contribution in [0.5, 0.6) is 0 Å². The second kappa shape index (κ2) is 3.75. The fourth-order valence-corrected chi connectivity index (χ4v) is 3.48. The third-order valence-corrected chi connectivity index (χ3v) is 4.09. The molecule has 2 rings (SSSR count). The van der Waals surface area contributed by atoms with Gasteiger partial charge < -0.3 is 15.7 Å². The quantitative estimate of drug-likeness (QED) is 0.561. The number of thioether (sulfide) groups is 1. The van der Waals surface area contributed by atoms with E-state index >= 15 is 0 Å². The Bertz CT molecular complexity index is 212. The molecule has 5 heteroatoms. The third kappa shape index (κ3) is 1.76. The van der Waals surface area contributed by atoms with Crippen LogP contribution in [0.4, 0.5) is 4.79 Å². The number of rotatable bonds is 3. The number of hydrogen-bond acceptors (Lipinski definition) is 3. The van der Waals surface area contributed by atoms with E-state index in [-0.39, 0.29) is 18.7 Å². The minimum atomic E-state index is -0.0377. The highest BCUT2D eigenvalue weighted by atomic mass is 32.2. The topological polar surface area (TPSA) is 61.4 Å². The van der Waals surface area contributed by atoms with E-state index in [0.717, 1.165) is 18.6 Å². The van der Waals surface area contributed by atoms with Crippen molar-refractivity contribution >= 4 is 17.8 Å². The molecule has 0 aromatic rings. The van der Waals surface area contributed by atoms with E-state index in [2.05, 4.69) is 10.6 Å². The Morgan fingerprint density at radius 1 is 1.54 bits per heavy atom. The summed E-state index contributed by atoms with van der Waals surface area (Å²) in [6, 6.07) is 0.551. The van der Waals surface area contributed by atoms with Crippen LogP contribution in [0.1, 0.15) is 12.8 Å². The molecule has 2 heterocycles. The van der Waals surface area contributed by atoms with Crippen LogP contribution >= 0.6 is 11.8 Å². The Morgan fingerprint density at radius 2 is 2.38 bits per heavy atom. The Hall–Kier alpha value is -0.420. The minimum Gasteiger partial charge on any atom is -0.396 e. The first kappa shape index (κ1) is 9.15. The van der Waals surface area contributed by atoms with Crippen LogP contribution in [0.15, 0.2) is 0 Å². The largest absolute Gasteiger partial charge is 0.396 e. The predicted octanol–water partition coefficient (Wildman–Crippen LogP) is -0.0757. The summed E-state index contributed by atoms with van der Waals surface area (Å²) in [5.74, 6) is 1.000. The highest BCUT2D eigenvalue weighted by Crippen LogP contribution is 2.32. The summed E-state index contributed by atoms with van der Waals surface area (Å²) in [6.45, 7) is 0.246. The lowest BCUT2D eigenvalue weighted by Crippen LogP contribution is -2.36. The molecule has 0 saturated carbocycles. The van der Waals surface area contributed by atoms with E-state index in [1.165, 1.54) is 0 Å². The van der Waals surface area contributed by atoms with Gasteiger partial charge in [-0.2, -0.15) is 11.8 Å². The summed E-state index contributed by atoms with van der Waals surface area (Å²) < 4.78 is 0. The highest BCUT2D eigenvalue weighted by Gasteiger charge is 2.42. The van der Waals surface area contributed by atoms with Gasteiger partial charge in [-0.05, 0) is 12.8 Å². The second-order valence-corrected chi connectivity index (χ2v) is 4.76. The molecular weight excluding hydrogens is 188 g/mol. The Labute approximate surface area is 81.5 Å². The average Bonchev–Trinajstić information content (AvgIpc) is 2.61. The first-order chi connectivity index (χ1) is 6.31. The van der Waals surface area contributed by atoms with Crippen LogP contribution in [0.3, 0.4) is 0 Å². The molecule has 0 aromatic heterocycles. The van der Waals surface area contributed by atoms with Crippen molar-refractivity contribution in [1.82, 2.24) is 10.6 Å². The molecule has 2 amide bonds. The van der Waals surface area contributed by atoms with Crippen LogP contribution in [-0.2, 0) is 0 Å². The molecule has 0 radical (unpaired) electrons. The number of hydrogen-bond donors (Lipinski definition) is 3. The van der Waals surface area contributed by atoms with Crippen molar-refractivity contribution in [3.05, 3.63) is 0 Å². The van der Waals surface area contributed by atoms with Gasteiger partial charge in [-0.3, -0.25) is 0 Å². The number of amides is 2. The van der Waals surface area contributed by atoms with Crippen molar-refractivity contribution in [2.45, 2.75) is 30.2 Å². The normalized spacial score (nSPS) is 37.0. The van der Waals surface area contributed by atoms with Gasteiger partial charge >= 0.3 is 6.03 Å². The predicted molar refractivity (Wildman–Crippen MR) is 51.8 cm³/mol. The van der Waals surface area contributed by atoms with E-state index in [0.29, 0.717) is 11.3 Å². The van der Waals surface area contributed by atoms with Gasteiger partial charge in [0.25, 0.3) is 0 Å². The zero-order chi connectivity index (χ0) is 9.26. The van der Waals surface area contributed by atoms with Gasteiger partial charge in [-0.25, -0.2) is 4.79 Å². The highest BCUT2D eigenvalue weighted by molar-refractivity contribution is 8.00. The maximum Gasteiger partial charge on any atom is 0.315 e. The van der Waals surface area contributed by atoms with Crippen LogP contribution in [0.2, 0.25) is 0 Å². The van der Waals surface area contributed by atoms with Crippen LogP contribution < -0.4 is 10.6 Å². The lowest BCUT2D eigenvalue weighted by atomic mass is 10.1. The summed E-state index contributed by atoms with van der Waals surface area (Å²) in [5, 5.41) is 15.0. The molecule has 3 unspecified atom stereocenters. The first-order valence-corrected chi connectivity index (χ1v) is 5.65. The monoisotopic (exact) mass is 202 g/mol. The van der Waals surface area contributed by atoms with Gasteiger partial charge in [-0.15, -0.1) is 0 Å². The smallest absolute Gasteiger partial charge is 0.315 e. The van der Waals surface area contributed by atoms with Crippen molar-refractivity contribution in [2.24, 2.45) is 0 Å². The van der Waals surface area contributed by atoms with Gasteiger partial charge in [0, 0.05) is 17.6 Å². The molecule has 0 aromatic carbocycles. The van der Waals surface area contributed by atoms with Crippen LogP contribution in [0.25, 0.3) is 0 Å². The molecule has 2 saturated heterocycles. The molecule has 3 N–H and O–H groups in total. The molecule has 0 bridgehead atoms. The fourth-order valence-electron chi connectivity index (χ4n) is 1.94. The zero-order valence-electron chi connectivity index (χ0n) is 7.32. The summed E-state index contributed by atoms with van der Waals surface area (Å²) >= 11 is 1.89. The lowest BCUT2D eigenvalue weighted by molar-refractivity contribution is 0.246. The van der Waals surface area contributed by atoms with Crippen molar-refractivity contribution in [3.63, 3.8) is 0 Å².